The lowest BCUT2D eigenvalue weighted by Gasteiger charge is -2.39. The van der Waals surface area contributed by atoms with Crippen LogP contribution >= 0.6 is 0 Å². The predicted octanol–water partition coefficient (Wildman–Crippen LogP) is 1.33. The Bertz CT molecular complexity index is 409. The molecule has 0 aromatic carbocycles. The van der Waals surface area contributed by atoms with Crippen LogP contribution in [-0.4, -0.2) is 98.1 Å². The minimum absolute atomic E-state index is 0. The van der Waals surface area contributed by atoms with Crippen LogP contribution in [0.4, 0.5) is 0 Å². The summed E-state index contributed by atoms with van der Waals surface area (Å²) in [5.41, 5.74) is 0. The molecule has 0 saturated carbocycles. The van der Waals surface area contributed by atoms with Gasteiger partial charge in [-0.3, -0.25) is 9.69 Å². The van der Waals surface area contributed by atoms with Gasteiger partial charge in [-0.2, -0.15) is 0 Å². The Hall–Kier alpha value is -0.690. The highest BCUT2D eigenvalue weighted by atomic mass is 16.2. The quantitative estimate of drug-likeness (QED) is 0.599. The van der Waals surface area contributed by atoms with Crippen molar-refractivity contribution in [3.05, 3.63) is 0 Å². The number of rotatable bonds is 9. The highest BCUT2D eigenvalue weighted by Gasteiger charge is 2.25. The van der Waals surface area contributed by atoms with Gasteiger partial charge in [0.2, 0.25) is 5.91 Å². The van der Waals surface area contributed by atoms with E-state index < -0.39 is 0 Å². The molecule has 2 fully saturated rings. The van der Waals surface area contributed by atoms with E-state index in [4.69, 9.17) is 0 Å². The second-order valence-electron chi connectivity index (χ2n) is 8.61. The van der Waals surface area contributed by atoms with Crippen LogP contribution in [0.1, 0.15) is 43.4 Å². The topological polar surface area (TPSA) is 50.9 Å². The van der Waals surface area contributed by atoms with Crippen LogP contribution in [0.3, 0.4) is 0 Å². The number of piperidine rings is 1. The van der Waals surface area contributed by atoms with Crippen LogP contribution in [0, 0.1) is 5.92 Å². The van der Waals surface area contributed by atoms with Gasteiger partial charge in [0.1, 0.15) is 0 Å². The number of hydrogen-bond acceptors (Lipinski definition) is 5. The molecule has 6 nitrogen and oxygen atoms in total. The molecular weight excluding hydrogens is 326 g/mol. The normalized spacial score (nSPS) is 21.6. The number of likely N-dealkylation sites (tertiary alicyclic amines) is 1. The summed E-state index contributed by atoms with van der Waals surface area (Å²) in [5, 5.41) is 6.33. The highest BCUT2D eigenvalue weighted by molar-refractivity contribution is 5.78. The highest BCUT2D eigenvalue weighted by Crippen LogP contribution is 2.20. The first-order chi connectivity index (χ1) is 12.4. The summed E-state index contributed by atoms with van der Waals surface area (Å²) in [6.45, 7) is 18.9. The predicted molar refractivity (Wildman–Crippen MR) is 113 cm³/mol. The number of nitrogens with zero attached hydrogens (tertiary/aromatic N) is 3. The molecule has 2 saturated heterocycles. The Morgan fingerprint density at radius 1 is 0.962 bits per heavy atom. The summed E-state index contributed by atoms with van der Waals surface area (Å²) in [4.78, 5) is 19.5. The maximum absolute atomic E-state index is 12.0. The molecule has 0 aromatic heterocycles. The van der Waals surface area contributed by atoms with Gasteiger partial charge in [-0.05, 0) is 45.7 Å². The molecule has 0 spiro atoms. The van der Waals surface area contributed by atoms with Crippen molar-refractivity contribution in [2.75, 3.05) is 65.4 Å². The van der Waals surface area contributed by atoms with Gasteiger partial charge in [-0.25, -0.2) is 0 Å². The maximum atomic E-state index is 12.0. The van der Waals surface area contributed by atoms with Crippen molar-refractivity contribution in [2.45, 2.75) is 52.6 Å². The minimum atomic E-state index is 0. The molecule has 0 bridgehead atoms. The van der Waals surface area contributed by atoms with E-state index in [0.717, 1.165) is 38.6 Å². The summed E-state index contributed by atoms with van der Waals surface area (Å²) < 4.78 is 0. The van der Waals surface area contributed by atoms with Crippen LogP contribution in [0.15, 0.2) is 0 Å². The fraction of sp³-hybridized carbons (Fsp3) is 0.950. The van der Waals surface area contributed by atoms with Gasteiger partial charge < -0.3 is 20.4 Å². The van der Waals surface area contributed by atoms with Crippen LogP contribution in [0.5, 0.6) is 0 Å². The Balaban J connectivity index is 0.00000364. The first-order valence-electron chi connectivity index (χ1n) is 10.6. The van der Waals surface area contributed by atoms with Crippen molar-refractivity contribution >= 4 is 5.91 Å². The van der Waals surface area contributed by atoms with Crippen molar-refractivity contribution in [1.29, 1.82) is 0 Å². The van der Waals surface area contributed by atoms with Gasteiger partial charge in [0.25, 0.3) is 0 Å². The number of nitrogens with one attached hydrogen (secondary N) is 2. The summed E-state index contributed by atoms with van der Waals surface area (Å²) in [7, 11) is 0. The average molecular weight is 372 g/mol. The zero-order chi connectivity index (χ0) is 18.9. The van der Waals surface area contributed by atoms with Crippen LogP contribution in [-0.2, 0) is 4.79 Å². The fourth-order valence-corrected chi connectivity index (χ4v) is 3.97. The minimum Gasteiger partial charge on any atom is -0.354 e. The number of amides is 1. The van der Waals surface area contributed by atoms with E-state index in [1.807, 2.05) is 0 Å². The monoisotopic (exact) mass is 371 g/mol. The lowest BCUT2D eigenvalue weighted by Crippen LogP contribution is -2.51. The summed E-state index contributed by atoms with van der Waals surface area (Å²) in [6, 6.07) is 1.16. The van der Waals surface area contributed by atoms with Crippen molar-refractivity contribution in [3.8, 4) is 0 Å². The molecular formula is C20H45N5O. The zero-order valence-electron chi connectivity index (χ0n) is 17.5. The van der Waals surface area contributed by atoms with Crippen molar-refractivity contribution in [1.82, 2.24) is 25.3 Å². The van der Waals surface area contributed by atoms with Gasteiger partial charge in [0.05, 0.1) is 6.54 Å². The fourth-order valence-electron chi connectivity index (χ4n) is 3.97. The van der Waals surface area contributed by atoms with Gasteiger partial charge >= 0.3 is 0 Å². The number of piperazine rings is 1. The van der Waals surface area contributed by atoms with Crippen molar-refractivity contribution in [3.63, 3.8) is 0 Å². The third kappa shape index (κ3) is 7.91. The lowest BCUT2D eigenvalue weighted by atomic mass is 9.95. The van der Waals surface area contributed by atoms with Crippen LogP contribution < -0.4 is 10.6 Å². The summed E-state index contributed by atoms with van der Waals surface area (Å²) in [5.74, 6) is 1.01. The molecule has 2 rings (SSSR count). The van der Waals surface area contributed by atoms with E-state index in [1.54, 1.807) is 0 Å². The molecule has 26 heavy (non-hydrogen) atoms. The Kier molecular flexibility index (Phi) is 9.33. The lowest BCUT2D eigenvalue weighted by molar-refractivity contribution is -0.122. The van der Waals surface area contributed by atoms with Gasteiger partial charge in [-0.15, -0.1) is 0 Å². The largest absolute Gasteiger partial charge is 0.354 e. The first-order valence-corrected chi connectivity index (χ1v) is 10.6. The Morgan fingerprint density at radius 2 is 1.58 bits per heavy atom. The molecule has 2 N–H and O–H groups in total. The van der Waals surface area contributed by atoms with E-state index in [2.05, 4.69) is 53.0 Å². The molecule has 0 aliphatic carbocycles. The molecule has 2 aliphatic heterocycles. The third-order valence-corrected chi connectivity index (χ3v) is 5.73. The smallest absolute Gasteiger partial charge is 0.234 e. The van der Waals surface area contributed by atoms with Gasteiger partial charge in [0, 0.05) is 60.8 Å². The molecule has 0 radical (unpaired) electrons. The van der Waals surface area contributed by atoms with E-state index in [9.17, 15) is 4.79 Å². The van der Waals surface area contributed by atoms with E-state index in [-0.39, 0.29) is 8.76 Å². The molecule has 2 aliphatic rings. The number of carbonyl (C=O) groups is 1. The number of carbonyl (C=O) groups excluding carboxylic acids is 1. The maximum Gasteiger partial charge on any atom is 0.234 e. The third-order valence-electron chi connectivity index (χ3n) is 5.73. The van der Waals surface area contributed by atoms with Crippen LogP contribution in [0.25, 0.3) is 0 Å². The van der Waals surface area contributed by atoms with E-state index in [0.29, 0.717) is 25.2 Å². The standard InChI is InChI=1S/C20H41N5O.2H2/c1-17(2)21-7-8-22-20(26)16-24-13-11-23(12-14-24)15-19-5-9-25(10-6-19)18(3)4;;/h17-19,21H,5-16H2,1-4H3,(H,22,26);2*1H. The second kappa shape index (κ2) is 11.2. The zero-order valence-corrected chi connectivity index (χ0v) is 17.5. The van der Waals surface area contributed by atoms with Crippen molar-refractivity contribution in [2.24, 2.45) is 5.92 Å². The molecule has 1 amide bonds. The Labute approximate surface area is 163 Å². The molecule has 0 aromatic rings. The molecule has 156 valence electrons. The SMILES string of the molecule is CC(C)NCCNC(=O)CN1CCN(CC2CCN(C(C)C)CC2)CC1.[HH].[HH]. The average Bonchev–Trinajstić information content (AvgIpc) is 2.61. The van der Waals surface area contributed by atoms with Gasteiger partial charge in [0.15, 0.2) is 0 Å². The molecule has 0 unspecified atom stereocenters. The molecule has 0 atom stereocenters. The second-order valence-corrected chi connectivity index (χ2v) is 8.61. The first kappa shape index (κ1) is 21.6. The number of hydrogen-bond donors (Lipinski definition) is 2. The summed E-state index contributed by atoms with van der Waals surface area (Å²) >= 11 is 0. The van der Waals surface area contributed by atoms with E-state index in [1.165, 1.54) is 32.5 Å². The van der Waals surface area contributed by atoms with Crippen molar-refractivity contribution < 1.29 is 7.65 Å². The Morgan fingerprint density at radius 3 is 2.15 bits per heavy atom. The molecule has 2 heterocycles. The van der Waals surface area contributed by atoms with Crippen LogP contribution in [0.2, 0.25) is 0 Å². The van der Waals surface area contributed by atoms with Gasteiger partial charge in [-0.1, -0.05) is 13.8 Å². The van der Waals surface area contributed by atoms with E-state index >= 15 is 0 Å². The summed E-state index contributed by atoms with van der Waals surface area (Å²) in [6.07, 6.45) is 2.68. The molecule has 6 heteroatoms.